The first-order valence-corrected chi connectivity index (χ1v) is 6.79. The van der Waals surface area contributed by atoms with Crippen molar-refractivity contribution in [1.29, 1.82) is 0 Å². The monoisotopic (exact) mass is 241 g/mol. The fraction of sp³-hybridized carbons (Fsp3) is 1.00. The average Bonchev–Trinajstić information content (AvgIpc) is 2.41. The fourth-order valence-electron chi connectivity index (χ4n) is 2.04. The molecule has 1 heterocycles. The zero-order valence-corrected chi connectivity index (χ0v) is 12.3. The topological polar surface area (TPSA) is 30.5 Å². The zero-order chi connectivity index (χ0) is 13.1. The van der Waals surface area contributed by atoms with Gasteiger partial charge < -0.3 is 14.6 Å². The largest absolute Gasteiger partial charge is 0.457 e. The van der Waals surface area contributed by atoms with Crippen molar-refractivity contribution in [3.63, 3.8) is 0 Å². The van der Waals surface area contributed by atoms with E-state index in [0.29, 0.717) is 0 Å². The van der Waals surface area contributed by atoms with Crippen LogP contribution in [-0.4, -0.2) is 31.9 Å². The van der Waals surface area contributed by atoms with Crippen LogP contribution in [0.1, 0.15) is 47.5 Å². The lowest BCUT2D eigenvalue weighted by molar-refractivity contribution is 0.00578. The quantitative estimate of drug-likeness (QED) is 0.725. The van der Waals surface area contributed by atoms with Crippen molar-refractivity contribution >= 4 is 7.12 Å². The molecular weight excluding hydrogens is 213 g/mol. The van der Waals surface area contributed by atoms with Gasteiger partial charge in [-0.25, -0.2) is 0 Å². The molecule has 0 aromatic rings. The molecule has 1 unspecified atom stereocenters. The highest BCUT2D eigenvalue weighted by atomic mass is 16.7. The predicted molar refractivity (Wildman–Crippen MR) is 73.2 cm³/mol. The Morgan fingerprint density at radius 2 is 1.59 bits per heavy atom. The summed E-state index contributed by atoms with van der Waals surface area (Å²) < 4.78 is 12.0. The van der Waals surface area contributed by atoms with Gasteiger partial charge in [0.15, 0.2) is 0 Å². The third-order valence-corrected chi connectivity index (χ3v) is 4.08. The molecule has 1 aliphatic rings. The Morgan fingerprint density at radius 3 is 2.06 bits per heavy atom. The average molecular weight is 241 g/mol. The molecule has 0 aromatic heterocycles. The Balaban J connectivity index is 2.31. The molecule has 17 heavy (non-hydrogen) atoms. The van der Waals surface area contributed by atoms with Gasteiger partial charge in [0.2, 0.25) is 0 Å². The van der Waals surface area contributed by atoms with Crippen LogP contribution in [0.5, 0.6) is 0 Å². The minimum atomic E-state index is -0.189. The van der Waals surface area contributed by atoms with E-state index in [1.54, 1.807) is 0 Å². The minimum absolute atomic E-state index is 0.0305. The molecule has 0 spiro atoms. The molecule has 0 amide bonds. The molecule has 1 fully saturated rings. The molecule has 4 heteroatoms. The Bertz CT molecular complexity index is 228. The minimum Gasteiger partial charge on any atom is -0.403 e. The van der Waals surface area contributed by atoms with Crippen LogP contribution in [0, 0.1) is 5.92 Å². The van der Waals surface area contributed by atoms with Gasteiger partial charge in [-0.05, 0) is 59.9 Å². The first-order valence-electron chi connectivity index (χ1n) is 6.79. The van der Waals surface area contributed by atoms with Crippen LogP contribution in [0.3, 0.4) is 0 Å². The van der Waals surface area contributed by atoms with Gasteiger partial charge in [0.1, 0.15) is 0 Å². The van der Waals surface area contributed by atoms with E-state index in [4.69, 9.17) is 9.31 Å². The van der Waals surface area contributed by atoms with E-state index in [0.717, 1.165) is 18.8 Å². The van der Waals surface area contributed by atoms with E-state index >= 15 is 0 Å². The van der Waals surface area contributed by atoms with Gasteiger partial charge >= 0.3 is 7.12 Å². The number of nitrogens with one attached hydrogen (secondary N) is 1. The molecule has 1 saturated heterocycles. The molecule has 0 aromatic carbocycles. The Kier molecular flexibility index (Phi) is 5.05. The smallest absolute Gasteiger partial charge is 0.403 e. The van der Waals surface area contributed by atoms with Crippen LogP contribution >= 0.6 is 0 Å². The van der Waals surface area contributed by atoms with Crippen molar-refractivity contribution in [2.24, 2.45) is 5.92 Å². The fourth-order valence-corrected chi connectivity index (χ4v) is 2.04. The highest BCUT2D eigenvalue weighted by Crippen LogP contribution is 2.38. The first kappa shape index (κ1) is 15.0. The van der Waals surface area contributed by atoms with Crippen LogP contribution in [-0.2, 0) is 9.31 Å². The van der Waals surface area contributed by atoms with E-state index < -0.39 is 0 Å². The number of hydrogen-bond donors (Lipinski definition) is 1. The van der Waals surface area contributed by atoms with Gasteiger partial charge in [-0.3, -0.25) is 0 Å². The highest BCUT2D eigenvalue weighted by Gasteiger charge is 2.50. The van der Waals surface area contributed by atoms with Crippen LogP contribution in [0.2, 0.25) is 6.32 Å². The molecule has 1 atom stereocenters. The summed E-state index contributed by atoms with van der Waals surface area (Å²) in [5.41, 5.74) is -0.377. The number of hydrogen-bond acceptors (Lipinski definition) is 3. The Hall–Kier alpha value is -0.0551. The number of rotatable bonds is 6. The van der Waals surface area contributed by atoms with Crippen LogP contribution in [0.4, 0.5) is 0 Å². The van der Waals surface area contributed by atoms with E-state index in [-0.39, 0.29) is 18.3 Å². The van der Waals surface area contributed by atoms with Crippen LogP contribution in [0.25, 0.3) is 0 Å². The summed E-state index contributed by atoms with van der Waals surface area (Å²) in [5, 5.41) is 3.19. The summed E-state index contributed by atoms with van der Waals surface area (Å²) in [5.74, 6) is 0.724. The second-order valence-corrected chi connectivity index (χ2v) is 6.26. The lowest BCUT2D eigenvalue weighted by Crippen LogP contribution is -2.41. The van der Waals surface area contributed by atoms with Gasteiger partial charge in [0, 0.05) is 0 Å². The van der Waals surface area contributed by atoms with E-state index in [1.807, 2.05) is 7.05 Å². The third-order valence-electron chi connectivity index (χ3n) is 4.08. The Labute approximate surface area is 107 Å². The van der Waals surface area contributed by atoms with Crippen molar-refractivity contribution in [3.8, 4) is 0 Å². The van der Waals surface area contributed by atoms with E-state index in [9.17, 15) is 0 Å². The van der Waals surface area contributed by atoms with Crippen molar-refractivity contribution in [2.75, 3.05) is 13.6 Å². The van der Waals surface area contributed by atoms with Crippen LogP contribution in [0.15, 0.2) is 0 Å². The Morgan fingerprint density at radius 1 is 1.06 bits per heavy atom. The molecule has 0 bridgehead atoms. The van der Waals surface area contributed by atoms with Crippen molar-refractivity contribution in [1.82, 2.24) is 5.32 Å². The molecule has 1 rings (SSSR count). The van der Waals surface area contributed by atoms with Gasteiger partial charge in [0.05, 0.1) is 11.2 Å². The maximum atomic E-state index is 5.98. The third kappa shape index (κ3) is 3.97. The zero-order valence-electron chi connectivity index (χ0n) is 12.3. The van der Waals surface area contributed by atoms with Gasteiger partial charge in [-0.1, -0.05) is 13.3 Å². The summed E-state index contributed by atoms with van der Waals surface area (Å²) in [7, 11) is 1.97. The normalized spacial score (nSPS) is 24.0. The lowest BCUT2D eigenvalue weighted by Gasteiger charge is -2.32. The van der Waals surface area contributed by atoms with Crippen LogP contribution < -0.4 is 5.32 Å². The second kappa shape index (κ2) is 5.72. The summed E-state index contributed by atoms with van der Waals surface area (Å²) in [4.78, 5) is 0. The summed E-state index contributed by atoms with van der Waals surface area (Å²) in [6.07, 6.45) is 3.38. The van der Waals surface area contributed by atoms with Gasteiger partial charge in [0.25, 0.3) is 0 Å². The predicted octanol–water partition coefficient (Wildman–Crippen LogP) is 2.71. The first-order chi connectivity index (χ1) is 7.78. The molecule has 0 radical (unpaired) electrons. The van der Waals surface area contributed by atoms with Crippen molar-refractivity contribution < 1.29 is 9.31 Å². The maximum absolute atomic E-state index is 5.98. The lowest BCUT2D eigenvalue weighted by atomic mass is 9.79. The van der Waals surface area contributed by atoms with E-state index in [2.05, 4.69) is 39.9 Å². The van der Waals surface area contributed by atoms with Crippen molar-refractivity contribution in [3.05, 3.63) is 0 Å². The molecule has 1 aliphatic heterocycles. The molecule has 1 N–H and O–H groups in total. The molecule has 0 aliphatic carbocycles. The van der Waals surface area contributed by atoms with E-state index in [1.165, 1.54) is 12.8 Å². The summed E-state index contributed by atoms with van der Waals surface area (Å²) >= 11 is 0. The maximum Gasteiger partial charge on any atom is 0.457 e. The summed E-state index contributed by atoms with van der Waals surface area (Å²) in [6.45, 7) is 11.8. The molecular formula is C13H28BNO2. The standard InChI is InChI=1S/C13H28BNO2/c1-11(8-10-15-6)7-9-14-16-12(2,3)13(4,5)17-14/h11,15H,7-10H2,1-6H3. The molecule has 100 valence electrons. The van der Waals surface area contributed by atoms with Crippen molar-refractivity contribution in [2.45, 2.75) is 65.0 Å². The molecule has 3 nitrogen and oxygen atoms in total. The highest BCUT2D eigenvalue weighted by molar-refractivity contribution is 6.45. The summed E-state index contributed by atoms with van der Waals surface area (Å²) in [6, 6.07) is 0. The second-order valence-electron chi connectivity index (χ2n) is 6.26. The van der Waals surface area contributed by atoms with Gasteiger partial charge in [-0.15, -0.1) is 0 Å². The SMILES string of the molecule is CNCCC(C)CCB1OC(C)(C)C(C)(C)O1. The molecule has 0 saturated carbocycles. The van der Waals surface area contributed by atoms with Gasteiger partial charge in [-0.2, -0.15) is 0 Å².